The summed E-state index contributed by atoms with van der Waals surface area (Å²) >= 11 is 0. The number of hydrogen-bond acceptors (Lipinski definition) is 3. The van der Waals surface area contributed by atoms with Crippen molar-refractivity contribution in [2.24, 2.45) is 13.0 Å². The summed E-state index contributed by atoms with van der Waals surface area (Å²) in [5.74, 6) is 0.634. The predicted octanol–water partition coefficient (Wildman–Crippen LogP) is 6.54. The van der Waals surface area contributed by atoms with Gasteiger partial charge < -0.3 is 0 Å². The molecule has 1 aromatic heterocycles. The number of fused-ring (bicyclic) bond motifs is 2. The van der Waals surface area contributed by atoms with Crippen LogP contribution in [0.3, 0.4) is 0 Å². The number of aryl methyl sites for hydroxylation is 1. The molecular weight excluding hydrogens is 464 g/mol. The van der Waals surface area contributed by atoms with Gasteiger partial charge in [0.1, 0.15) is 0 Å². The fourth-order valence-electron chi connectivity index (χ4n) is 4.81. The van der Waals surface area contributed by atoms with Crippen molar-refractivity contribution in [1.29, 1.82) is 0 Å². The molecular formula is C34H35N4+. The lowest BCUT2D eigenvalue weighted by Crippen LogP contribution is -2.43. The van der Waals surface area contributed by atoms with Crippen molar-refractivity contribution in [2.75, 3.05) is 20.1 Å². The Hall–Kier alpha value is -4.12. The Labute approximate surface area is 225 Å². The zero-order chi connectivity index (χ0) is 26.2. The summed E-state index contributed by atoms with van der Waals surface area (Å²) in [7, 11) is 4.03. The van der Waals surface area contributed by atoms with E-state index in [9.17, 15) is 0 Å². The Balaban J connectivity index is 0.000000155. The van der Waals surface area contributed by atoms with E-state index in [0.29, 0.717) is 5.92 Å². The van der Waals surface area contributed by atoms with Gasteiger partial charge in [-0.15, -0.1) is 0 Å². The van der Waals surface area contributed by atoms with Crippen LogP contribution in [0.15, 0.2) is 109 Å². The molecule has 1 saturated heterocycles. The molecule has 1 aliphatic rings. The van der Waals surface area contributed by atoms with Crippen molar-refractivity contribution in [3.05, 3.63) is 126 Å². The summed E-state index contributed by atoms with van der Waals surface area (Å²) in [5, 5.41) is 11.5. The highest BCUT2D eigenvalue weighted by atomic mass is 15.5. The highest BCUT2D eigenvalue weighted by molar-refractivity contribution is 5.93. The molecule has 4 aromatic carbocycles. The first-order chi connectivity index (χ1) is 18.7. The quantitative estimate of drug-likeness (QED) is 0.285. The number of nitrogens with zero attached hydrogens (tertiary/aromatic N) is 3. The molecule has 1 aliphatic heterocycles. The van der Waals surface area contributed by atoms with Crippen molar-refractivity contribution in [3.8, 4) is 0 Å². The molecule has 0 radical (unpaired) electrons. The zero-order valence-electron chi connectivity index (χ0n) is 22.2. The Morgan fingerprint density at radius 2 is 1.42 bits per heavy atom. The fourth-order valence-corrected chi connectivity index (χ4v) is 4.81. The molecule has 1 unspecified atom stereocenters. The van der Waals surface area contributed by atoms with E-state index < -0.39 is 0 Å². The van der Waals surface area contributed by atoms with Crippen molar-refractivity contribution in [2.45, 2.75) is 6.42 Å². The number of hydrogen-bond donors (Lipinski definition) is 1. The molecule has 190 valence electrons. The molecule has 4 nitrogen and oxygen atoms in total. The van der Waals surface area contributed by atoms with Gasteiger partial charge in [-0.1, -0.05) is 108 Å². The van der Waals surface area contributed by atoms with Crippen molar-refractivity contribution < 1.29 is 4.68 Å². The van der Waals surface area contributed by atoms with Crippen LogP contribution in [-0.2, 0) is 7.05 Å². The van der Waals surface area contributed by atoms with Crippen molar-refractivity contribution in [3.63, 3.8) is 0 Å². The van der Waals surface area contributed by atoms with E-state index in [-0.39, 0.29) is 0 Å². The van der Waals surface area contributed by atoms with Crippen LogP contribution in [0.25, 0.3) is 39.8 Å². The Kier molecular flexibility index (Phi) is 8.34. The minimum atomic E-state index is 0.634. The fraction of sp³-hybridized carbons (Fsp3) is 0.176. The van der Waals surface area contributed by atoms with Gasteiger partial charge in [-0.3, -0.25) is 5.43 Å². The average molecular weight is 500 g/mol. The number of hydrazine groups is 1. The average Bonchev–Trinajstić information content (AvgIpc) is 2.96. The van der Waals surface area contributed by atoms with Gasteiger partial charge in [-0.05, 0) is 62.3 Å². The van der Waals surface area contributed by atoms with E-state index in [1.54, 1.807) is 0 Å². The maximum Gasteiger partial charge on any atom is 0.203 e. The largest absolute Gasteiger partial charge is 0.255 e. The number of rotatable bonds is 4. The normalized spacial score (nSPS) is 16.2. The molecule has 1 atom stereocenters. The van der Waals surface area contributed by atoms with E-state index in [0.717, 1.165) is 18.7 Å². The van der Waals surface area contributed by atoms with Crippen LogP contribution in [0.4, 0.5) is 0 Å². The van der Waals surface area contributed by atoms with E-state index in [4.69, 9.17) is 0 Å². The molecule has 1 fully saturated rings. The maximum atomic E-state index is 4.13. The third-order valence-electron chi connectivity index (χ3n) is 6.96. The molecule has 2 heterocycles. The molecule has 1 N–H and O–H groups in total. The Bertz CT molecular complexity index is 1550. The van der Waals surface area contributed by atoms with Gasteiger partial charge in [0.15, 0.2) is 7.05 Å². The SMILES string of the molecule is CN1CCC(/C=C/c2cccc3ccccc23)CN1.C[n+]1cc(/C=C/c2cccc3ccccc23)ccn1. The van der Waals surface area contributed by atoms with Crippen LogP contribution in [0, 0.1) is 5.92 Å². The van der Waals surface area contributed by atoms with Crippen molar-refractivity contribution >= 4 is 39.8 Å². The molecule has 0 bridgehead atoms. The van der Waals surface area contributed by atoms with E-state index in [1.165, 1.54) is 39.1 Å². The van der Waals surface area contributed by atoms with Gasteiger partial charge in [-0.25, -0.2) is 5.01 Å². The molecule has 0 amide bonds. The number of nitrogens with one attached hydrogen (secondary N) is 1. The first-order valence-electron chi connectivity index (χ1n) is 13.2. The first-order valence-corrected chi connectivity index (χ1v) is 13.2. The summed E-state index contributed by atoms with van der Waals surface area (Å²) in [4.78, 5) is 0. The van der Waals surface area contributed by atoms with E-state index >= 15 is 0 Å². The Morgan fingerprint density at radius 3 is 2.05 bits per heavy atom. The monoisotopic (exact) mass is 499 g/mol. The van der Waals surface area contributed by atoms with Crippen LogP contribution >= 0.6 is 0 Å². The highest BCUT2D eigenvalue weighted by Gasteiger charge is 2.13. The van der Waals surface area contributed by atoms with Crippen LogP contribution in [0.5, 0.6) is 0 Å². The van der Waals surface area contributed by atoms with Crippen LogP contribution in [-0.4, -0.2) is 30.2 Å². The van der Waals surface area contributed by atoms with Gasteiger partial charge in [0.2, 0.25) is 6.20 Å². The minimum absolute atomic E-state index is 0.634. The van der Waals surface area contributed by atoms with Gasteiger partial charge in [0.05, 0.1) is 6.20 Å². The van der Waals surface area contributed by atoms with Crippen molar-refractivity contribution in [1.82, 2.24) is 15.5 Å². The van der Waals surface area contributed by atoms with Crippen LogP contribution < -0.4 is 10.1 Å². The van der Waals surface area contributed by atoms with Gasteiger partial charge >= 0.3 is 0 Å². The van der Waals surface area contributed by atoms with Gasteiger partial charge in [0, 0.05) is 25.7 Å². The number of benzene rings is 4. The molecule has 0 spiro atoms. The third-order valence-corrected chi connectivity index (χ3v) is 6.96. The van der Waals surface area contributed by atoms with E-state index in [2.05, 4.69) is 132 Å². The summed E-state index contributed by atoms with van der Waals surface area (Å²) in [6.45, 7) is 2.16. The van der Waals surface area contributed by atoms with Gasteiger partial charge in [0.25, 0.3) is 0 Å². The molecule has 4 heteroatoms. The molecule has 6 rings (SSSR count). The summed E-state index contributed by atoms with van der Waals surface area (Å²) < 4.78 is 1.81. The smallest absolute Gasteiger partial charge is 0.203 e. The summed E-state index contributed by atoms with van der Waals surface area (Å²) in [6.07, 6.45) is 13.9. The first kappa shape index (κ1) is 25.5. The maximum absolute atomic E-state index is 4.13. The second-order valence-corrected chi connectivity index (χ2v) is 9.80. The topological polar surface area (TPSA) is 32.0 Å². The van der Waals surface area contributed by atoms with Crippen LogP contribution in [0.1, 0.15) is 23.1 Å². The minimum Gasteiger partial charge on any atom is -0.255 e. The number of aromatic nitrogens is 2. The molecule has 5 aromatic rings. The summed E-state index contributed by atoms with van der Waals surface area (Å²) in [6, 6.07) is 31.9. The molecule has 0 aliphatic carbocycles. The lowest BCUT2D eigenvalue weighted by atomic mass is 9.99. The lowest BCUT2D eigenvalue weighted by Gasteiger charge is -2.28. The molecule has 38 heavy (non-hydrogen) atoms. The second kappa shape index (κ2) is 12.4. The standard InChI is InChI=1S/C17H20N2.C17H15N2/c1-19-12-11-14(13-18-19)9-10-16-7-4-6-15-5-2-3-8-17(15)16;1-19-13-14(11-12-18-19)9-10-16-7-4-6-15-5-2-3-8-17(15)16/h2-10,14,18H,11-13H2,1H3;2-13H,1H3/q;+1/b2*10-9+. The third kappa shape index (κ3) is 6.60. The zero-order valence-corrected chi connectivity index (χ0v) is 22.2. The van der Waals surface area contributed by atoms with Crippen LogP contribution in [0.2, 0.25) is 0 Å². The van der Waals surface area contributed by atoms with Gasteiger partial charge in [-0.2, -0.15) is 0 Å². The highest BCUT2D eigenvalue weighted by Crippen LogP contribution is 2.22. The summed E-state index contributed by atoms with van der Waals surface area (Å²) in [5.41, 5.74) is 7.08. The lowest BCUT2D eigenvalue weighted by molar-refractivity contribution is -0.731. The molecule has 0 saturated carbocycles. The second-order valence-electron chi connectivity index (χ2n) is 9.80. The predicted molar refractivity (Wildman–Crippen MR) is 160 cm³/mol. The van der Waals surface area contributed by atoms with E-state index in [1.807, 2.05) is 30.2 Å². The Morgan fingerprint density at radius 1 is 0.789 bits per heavy atom.